The summed E-state index contributed by atoms with van der Waals surface area (Å²) in [5.41, 5.74) is 1.59. The standard InChI is InChI=1S/C24H29N5O4S/c1-4-29-21(15-25-22(30)14-17-6-10-19(32-3)11-7-17)27-28-24(29)34-16-23(31)26-18-8-12-20(13-9-18)33-5-2/h6-13H,4-5,14-16H2,1-3H3,(H,25,30)(H,26,31). The van der Waals surface area contributed by atoms with E-state index in [1.54, 1.807) is 19.2 Å². The predicted molar refractivity (Wildman–Crippen MR) is 131 cm³/mol. The van der Waals surface area contributed by atoms with Gasteiger partial charge in [-0.2, -0.15) is 0 Å². The first-order valence-electron chi connectivity index (χ1n) is 11.0. The number of aromatic nitrogens is 3. The minimum absolute atomic E-state index is 0.111. The Morgan fingerprint density at radius 2 is 1.68 bits per heavy atom. The van der Waals surface area contributed by atoms with Crippen LogP contribution in [0.3, 0.4) is 0 Å². The van der Waals surface area contributed by atoms with Crippen LogP contribution < -0.4 is 20.1 Å². The number of hydrogen-bond donors (Lipinski definition) is 2. The summed E-state index contributed by atoms with van der Waals surface area (Å²) in [4.78, 5) is 24.7. The van der Waals surface area contributed by atoms with Gasteiger partial charge in [0.1, 0.15) is 11.5 Å². The number of ether oxygens (including phenoxy) is 2. The van der Waals surface area contributed by atoms with E-state index in [0.29, 0.717) is 29.8 Å². The number of hydrogen-bond acceptors (Lipinski definition) is 7. The van der Waals surface area contributed by atoms with Crippen LogP contribution in [0.4, 0.5) is 5.69 Å². The Kier molecular flexibility index (Phi) is 9.33. The summed E-state index contributed by atoms with van der Waals surface area (Å²) in [6.07, 6.45) is 0.261. The summed E-state index contributed by atoms with van der Waals surface area (Å²) in [6, 6.07) is 14.6. The lowest BCUT2D eigenvalue weighted by molar-refractivity contribution is -0.120. The van der Waals surface area contributed by atoms with Gasteiger partial charge in [0.25, 0.3) is 0 Å². The van der Waals surface area contributed by atoms with Gasteiger partial charge in [-0.15, -0.1) is 10.2 Å². The molecule has 0 spiro atoms. The quantitative estimate of drug-likeness (QED) is 0.381. The minimum atomic E-state index is -0.144. The summed E-state index contributed by atoms with van der Waals surface area (Å²) in [5, 5.41) is 14.8. The van der Waals surface area contributed by atoms with Gasteiger partial charge in [0.2, 0.25) is 11.8 Å². The zero-order chi connectivity index (χ0) is 24.3. The number of thioether (sulfide) groups is 1. The van der Waals surface area contributed by atoms with E-state index in [-0.39, 0.29) is 30.5 Å². The molecule has 0 aliphatic carbocycles. The molecule has 0 fully saturated rings. The van der Waals surface area contributed by atoms with Gasteiger partial charge in [-0.3, -0.25) is 9.59 Å². The number of anilines is 1. The van der Waals surface area contributed by atoms with Crippen molar-refractivity contribution in [2.45, 2.75) is 38.5 Å². The molecule has 0 atom stereocenters. The predicted octanol–water partition coefficient (Wildman–Crippen LogP) is 3.30. The Balaban J connectivity index is 1.49. The van der Waals surface area contributed by atoms with Crippen molar-refractivity contribution in [3.8, 4) is 11.5 Å². The summed E-state index contributed by atoms with van der Waals surface area (Å²) in [7, 11) is 1.60. The number of amides is 2. The summed E-state index contributed by atoms with van der Waals surface area (Å²) >= 11 is 1.30. The number of carbonyl (C=O) groups is 2. The minimum Gasteiger partial charge on any atom is -0.497 e. The van der Waals surface area contributed by atoms with Crippen molar-refractivity contribution < 1.29 is 19.1 Å². The maximum Gasteiger partial charge on any atom is 0.234 e. The molecule has 0 saturated heterocycles. The third-order valence-corrected chi connectivity index (χ3v) is 5.83. The fourth-order valence-corrected chi connectivity index (χ4v) is 3.99. The molecule has 0 unspecified atom stereocenters. The molecule has 0 aliphatic rings. The molecule has 1 aromatic heterocycles. The fourth-order valence-electron chi connectivity index (χ4n) is 3.17. The Labute approximate surface area is 203 Å². The van der Waals surface area contributed by atoms with Crippen molar-refractivity contribution in [1.82, 2.24) is 20.1 Å². The summed E-state index contributed by atoms with van der Waals surface area (Å²) in [6.45, 7) is 5.36. The second kappa shape index (κ2) is 12.6. The fraction of sp³-hybridized carbons (Fsp3) is 0.333. The SMILES string of the molecule is CCOc1ccc(NC(=O)CSc2nnc(CNC(=O)Cc3ccc(OC)cc3)n2CC)cc1. The second-order valence-electron chi connectivity index (χ2n) is 7.24. The zero-order valence-corrected chi connectivity index (χ0v) is 20.4. The molecule has 9 nitrogen and oxygen atoms in total. The van der Waals surface area contributed by atoms with E-state index in [2.05, 4.69) is 20.8 Å². The molecule has 34 heavy (non-hydrogen) atoms. The molecule has 2 N–H and O–H groups in total. The Morgan fingerprint density at radius 3 is 2.32 bits per heavy atom. The highest BCUT2D eigenvalue weighted by Gasteiger charge is 2.14. The van der Waals surface area contributed by atoms with E-state index in [1.807, 2.05) is 54.8 Å². The third kappa shape index (κ3) is 7.24. The number of nitrogens with zero attached hydrogens (tertiary/aromatic N) is 3. The molecule has 2 amide bonds. The van der Waals surface area contributed by atoms with E-state index >= 15 is 0 Å². The van der Waals surface area contributed by atoms with Crippen LogP contribution in [0.25, 0.3) is 0 Å². The Hall–Kier alpha value is -3.53. The molecule has 10 heteroatoms. The molecule has 0 aliphatic heterocycles. The van der Waals surface area contributed by atoms with Crippen molar-refractivity contribution in [3.63, 3.8) is 0 Å². The van der Waals surface area contributed by atoms with Gasteiger partial charge in [-0.05, 0) is 55.8 Å². The molecule has 180 valence electrons. The second-order valence-corrected chi connectivity index (χ2v) is 8.18. The van der Waals surface area contributed by atoms with Crippen molar-refractivity contribution in [2.75, 3.05) is 24.8 Å². The van der Waals surface area contributed by atoms with Crippen molar-refractivity contribution >= 4 is 29.3 Å². The molecular weight excluding hydrogens is 454 g/mol. The van der Waals surface area contributed by atoms with Gasteiger partial charge in [-0.1, -0.05) is 23.9 Å². The smallest absolute Gasteiger partial charge is 0.234 e. The molecule has 3 aromatic rings. The number of benzene rings is 2. The first-order chi connectivity index (χ1) is 16.5. The maximum atomic E-state index is 12.3. The molecule has 0 bridgehead atoms. The van der Waals surface area contributed by atoms with Crippen LogP contribution in [0, 0.1) is 0 Å². The average Bonchev–Trinajstić information content (AvgIpc) is 3.25. The average molecular weight is 484 g/mol. The monoisotopic (exact) mass is 483 g/mol. The summed E-state index contributed by atoms with van der Waals surface area (Å²) < 4.78 is 12.4. The van der Waals surface area contributed by atoms with Crippen LogP contribution in [-0.2, 0) is 29.1 Å². The van der Waals surface area contributed by atoms with Crippen LogP contribution in [0.5, 0.6) is 11.5 Å². The van der Waals surface area contributed by atoms with Gasteiger partial charge < -0.3 is 24.7 Å². The molecule has 3 rings (SSSR count). The first-order valence-corrected chi connectivity index (χ1v) is 12.0. The van der Waals surface area contributed by atoms with Crippen molar-refractivity contribution in [1.29, 1.82) is 0 Å². The van der Waals surface area contributed by atoms with Crippen LogP contribution in [-0.4, -0.2) is 46.0 Å². The molecule has 1 heterocycles. The van der Waals surface area contributed by atoms with Gasteiger partial charge in [0.05, 0.1) is 32.4 Å². The topological polar surface area (TPSA) is 107 Å². The molecular formula is C24H29N5O4S. The largest absolute Gasteiger partial charge is 0.497 e. The molecule has 0 saturated carbocycles. The van der Waals surface area contributed by atoms with Crippen LogP contribution in [0.2, 0.25) is 0 Å². The lowest BCUT2D eigenvalue weighted by Crippen LogP contribution is -2.26. The Bertz CT molecular complexity index is 1080. The van der Waals surface area contributed by atoms with E-state index < -0.39 is 0 Å². The van der Waals surface area contributed by atoms with E-state index in [9.17, 15) is 9.59 Å². The van der Waals surface area contributed by atoms with Crippen molar-refractivity contribution in [3.05, 3.63) is 59.9 Å². The van der Waals surface area contributed by atoms with E-state index in [4.69, 9.17) is 9.47 Å². The van der Waals surface area contributed by atoms with E-state index in [0.717, 1.165) is 17.1 Å². The Morgan fingerprint density at radius 1 is 0.971 bits per heavy atom. The number of nitrogens with one attached hydrogen (secondary N) is 2. The number of rotatable bonds is 12. The summed E-state index contributed by atoms with van der Waals surface area (Å²) in [5.74, 6) is 2.08. The first kappa shape index (κ1) is 25.1. The molecule has 0 radical (unpaired) electrons. The highest BCUT2D eigenvalue weighted by Crippen LogP contribution is 2.19. The van der Waals surface area contributed by atoms with E-state index in [1.165, 1.54) is 11.8 Å². The molecule has 2 aromatic carbocycles. The van der Waals surface area contributed by atoms with Crippen LogP contribution in [0.15, 0.2) is 53.7 Å². The lowest BCUT2D eigenvalue weighted by atomic mass is 10.1. The van der Waals surface area contributed by atoms with Crippen LogP contribution in [0.1, 0.15) is 25.2 Å². The zero-order valence-electron chi connectivity index (χ0n) is 19.5. The van der Waals surface area contributed by atoms with Gasteiger partial charge in [0.15, 0.2) is 11.0 Å². The highest BCUT2D eigenvalue weighted by molar-refractivity contribution is 7.99. The highest BCUT2D eigenvalue weighted by atomic mass is 32.2. The van der Waals surface area contributed by atoms with Gasteiger partial charge in [0, 0.05) is 12.2 Å². The number of methoxy groups -OCH3 is 1. The maximum absolute atomic E-state index is 12.3. The van der Waals surface area contributed by atoms with Gasteiger partial charge >= 0.3 is 0 Å². The number of carbonyl (C=O) groups excluding carboxylic acids is 2. The third-order valence-electron chi connectivity index (χ3n) is 4.86. The van der Waals surface area contributed by atoms with Crippen LogP contribution >= 0.6 is 11.8 Å². The lowest BCUT2D eigenvalue weighted by Gasteiger charge is -2.09. The van der Waals surface area contributed by atoms with Gasteiger partial charge in [-0.25, -0.2) is 0 Å². The normalized spacial score (nSPS) is 10.6. The van der Waals surface area contributed by atoms with Crippen molar-refractivity contribution in [2.24, 2.45) is 0 Å².